The van der Waals surface area contributed by atoms with Crippen LogP contribution >= 0.6 is 0 Å². The molecule has 20 heavy (non-hydrogen) atoms. The van der Waals surface area contributed by atoms with Crippen LogP contribution in [0, 0.1) is 12.7 Å². The van der Waals surface area contributed by atoms with Crippen molar-refractivity contribution in [2.75, 3.05) is 18.5 Å². The molecule has 0 atom stereocenters. The first-order valence-corrected chi connectivity index (χ1v) is 6.32. The van der Waals surface area contributed by atoms with E-state index in [9.17, 15) is 18.8 Å². The van der Waals surface area contributed by atoms with Crippen molar-refractivity contribution >= 4 is 23.3 Å². The molecule has 2 amide bonds. The highest BCUT2D eigenvalue weighted by Crippen LogP contribution is 2.33. The van der Waals surface area contributed by atoms with Crippen LogP contribution in [0.1, 0.15) is 28.8 Å². The molecule has 0 unspecified atom stereocenters. The topological polar surface area (TPSA) is 66.5 Å². The minimum absolute atomic E-state index is 0.104. The molecule has 1 aliphatic rings. The standard InChI is InChI=1S/C14H15FN2O3/c1-8-6-9(15)7-10-12(8)17(14(20)13(10)19)5-3-4-11(18)16-2/h6-7H,3-5H2,1-2H3,(H,16,18). The highest BCUT2D eigenvalue weighted by molar-refractivity contribution is 6.52. The zero-order chi connectivity index (χ0) is 14.9. The first-order valence-electron chi connectivity index (χ1n) is 6.32. The number of hydrogen-bond donors (Lipinski definition) is 1. The molecule has 1 N–H and O–H groups in total. The summed E-state index contributed by atoms with van der Waals surface area (Å²) in [5.74, 6) is -2.01. The highest BCUT2D eigenvalue weighted by atomic mass is 19.1. The number of benzene rings is 1. The Labute approximate surface area is 115 Å². The third kappa shape index (κ3) is 2.41. The van der Waals surface area contributed by atoms with Crippen LogP contribution < -0.4 is 10.2 Å². The molecule has 0 fully saturated rings. The summed E-state index contributed by atoms with van der Waals surface area (Å²) in [7, 11) is 1.54. The van der Waals surface area contributed by atoms with E-state index in [1.54, 1.807) is 6.92 Å². The molecule has 0 bridgehead atoms. The molecule has 0 saturated heterocycles. The number of hydrogen-bond acceptors (Lipinski definition) is 3. The van der Waals surface area contributed by atoms with Gasteiger partial charge in [0.05, 0.1) is 11.3 Å². The Morgan fingerprint density at radius 2 is 2.05 bits per heavy atom. The molecule has 0 saturated carbocycles. The van der Waals surface area contributed by atoms with Gasteiger partial charge in [0, 0.05) is 20.0 Å². The van der Waals surface area contributed by atoms with Crippen LogP contribution in [0.25, 0.3) is 0 Å². The minimum atomic E-state index is -0.692. The van der Waals surface area contributed by atoms with Gasteiger partial charge < -0.3 is 10.2 Å². The smallest absolute Gasteiger partial charge is 0.299 e. The van der Waals surface area contributed by atoms with Crippen molar-refractivity contribution in [3.63, 3.8) is 0 Å². The Kier molecular flexibility index (Phi) is 3.83. The van der Waals surface area contributed by atoms with Crippen molar-refractivity contribution in [1.29, 1.82) is 0 Å². The molecule has 1 heterocycles. The van der Waals surface area contributed by atoms with Gasteiger partial charge in [0.25, 0.3) is 11.7 Å². The molecule has 0 aromatic heterocycles. The summed E-state index contributed by atoms with van der Waals surface area (Å²) in [5.41, 5.74) is 1.10. The normalized spacial score (nSPS) is 13.7. The predicted molar refractivity (Wildman–Crippen MR) is 71.1 cm³/mol. The number of amides is 2. The molecule has 5 nitrogen and oxygen atoms in total. The second-order valence-corrected chi connectivity index (χ2v) is 4.68. The van der Waals surface area contributed by atoms with E-state index in [1.165, 1.54) is 18.0 Å². The molecular formula is C14H15FN2O3. The third-order valence-corrected chi connectivity index (χ3v) is 3.28. The number of nitrogens with zero attached hydrogens (tertiary/aromatic N) is 1. The fourth-order valence-electron chi connectivity index (χ4n) is 2.34. The van der Waals surface area contributed by atoms with E-state index in [-0.39, 0.29) is 24.4 Å². The number of aryl methyl sites for hydroxylation is 1. The molecule has 1 aromatic carbocycles. The fraction of sp³-hybridized carbons (Fsp3) is 0.357. The van der Waals surface area contributed by atoms with Crippen LogP contribution in [0.3, 0.4) is 0 Å². The van der Waals surface area contributed by atoms with Gasteiger partial charge in [-0.15, -0.1) is 0 Å². The molecule has 1 aromatic rings. The average molecular weight is 278 g/mol. The van der Waals surface area contributed by atoms with Crippen LogP contribution in [0.4, 0.5) is 10.1 Å². The lowest BCUT2D eigenvalue weighted by atomic mass is 10.1. The Morgan fingerprint density at radius 1 is 1.35 bits per heavy atom. The van der Waals surface area contributed by atoms with Gasteiger partial charge in [-0.25, -0.2) is 4.39 Å². The number of carbonyl (C=O) groups excluding carboxylic acids is 3. The second kappa shape index (κ2) is 5.40. The SMILES string of the molecule is CNC(=O)CCCN1C(=O)C(=O)c2cc(F)cc(C)c21. The first kappa shape index (κ1) is 14.2. The zero-order valence-electron chi connectivity index (χ0n) is 11.3. The summed E-state index contributed by atoms with van der Waals surface area (Å²) in [5, 5.41) is 2.49. The number of anilines is 1. The predicted octanol–water partition coefficient (Wildman–Crippen LogP) is 1.19. The Balaban J connectivity index is 2.22. The van der Waals surface area contributed by atoms with Gasteiger partial charge in [-0.3, -0.25) is 14.4 Å². The number of halogens is 1. The molecule has 2 rings (SSSR count). The Morgan fingerprint density at radius 3 is 2.70 bits per heavy atom. The van der Waals surface area contributed by atoms with E-state index in [1.807, 2.05) is 0 Å². The van der Waals surface area contributed by atoms with Crippen LogP contribution in [0.5, 0.6) is 0 Å². The largest absolute Gasteiger partial charge is 0.359 e. The van der Waals surface area contributed by atoms with Crippen molar-refractivity contribution in [2.45, 2.75) is 19.8 Å². The lowest BCUT2D eigenvalue weighted by molar-refractivity contribution is -0.121. The average Bonchev–Trinajstić information content (AvgIpc) is 2.64. The van der Waals surface area contributed by atoms with E-state index in [2.05, 4.69) is 5.32 Å². The molecule has 1 aliphatic heterocycles. The summed E-state index contributed by atoms with van der Waals surface area (Å²) in [6.45, 7) is 1.91. The zero-order valence-corrected chi connectivity index (χ0v) is 11.3. The van der Waals surface area contributed by atoms with Gasteiger partial charge >= 0.3 is 0 Å². The van der Waals surface area contributed by atoms with Crippen molar-refractivity contribution in [1.82, 2.24) is 5.32 Å². The summed E-state index contributed by atoms with van der Waals surface area (Å²) in [6, 6.07) is 2.37. The first-order chi connectivity index (χ1) is 9.45. The summed E-state index contributed by atoms with van der Waals surface area (Å²) in [4.78, 5) is 36.2. The van der Waals surface area contributed by atoms with Gasteiger partial charge in [-0.05, 0) is 31.0 Å². The number of nitrogens with one attached hydrogen (secondary N) is 1. The summed E-state index contributed by atoms with van der Waals surface area (Å²) >= 11 is 0. The van der Waals surface area contributed by atoms with Crippen LogP contribution in [-0.2, 0) is 9.59 Å². The van der Waals surface area contributed by atoms with Crippen molar-refractivity contribution < 1.29 is 18.8 Å². The van der Waals surface area contributed by atoms with Crippen molar-refractivity contribution in [3.05, 3.63) is 29.1 Å². The van der Waals surface area contributed by atoms with Gasteiger partial charge in [0.15, 0.2) is 0 Å². The molecule has 0 spiro atoms. The minimum Gasteiger partial charge on any atom is -0.359 e. The van der Waals surface area contributed by atoms with Gasteiger partial charge in [-0.2, -0.15) is 0 Å². The van der Waals surface area contributed by atoms with Crippen molar-refractivity contribution in [2.24, 2.45) is 0 Å². The second-order valence-electron chi connectivity index (χ2n) is 4.68. The number of carbonyl (C=O) groups is 3. The number of ketones is 1. The van der Waals surface area contributed by atoms with E-state index in [0.29, 0.717) is 17.7 Å². The Bertz CT molecular complexity index is 598. The number of Topliss-reactive ketones (excluding diaryl/α,β-unsaturated/α-hetero) is 1. The molecule has 0 radical (unpaired) electrons. The number of fused-ring (bicyclic) bond motifs is 1. The maximum atomic E-state index is 13.3. The van der Waals surface area contributed by atoms with E-state index in [4.69, 9.17) is 0 Å². The maximum Gasteiger partial charge on any atom is 0.299 e. The van der Waals surface area contributed by atoms with Gasteiger partial charge in [0.1, 0.15) is 5.82 Å². The van der Waals surface area contributed by atoms with Crippen molar-refractivity contribution in [3.8, 4) is 0 Å². The Hall–Kier alpha value is -2.24. The maximum absolute atomic E-state index is 13.3. The number of rotatable bonds is 4. The van der Waals surface area contributed by atoms with E-state index < -0.39 is 17.5 Å². The van der Waals surface area contributed by atoms with Crippen LogP contribution in [0.2, 0.25) is 0 Å². The third-order valence-electron chi connectivity index (χ3n) is 3.28. The highest BCUT2D eigenvalue weighted by Gasteiger charge is 2.37. The molecule has 106 valence electrons. The van der Waals surface area contributed by atoms with Gasteiger partial charge in [0.2, 0.25) is 5.91 Å². The lowest BCUT2D eigenvalue weighted by Crippen LogP contribution is -2.31. The van der Waals surface area contributed by atoms with Crippen LogP contribution in [0.15, 0.2) is 12.1 Å². The molecule has 0 aliphatic carbocycles. The monoisotopic (exact) mass is 278 g/mol. The quantitative estimate of drug-likeness (QED) is 0.841. The van der Waals surface area contributed by atoms with Gasteiger partial charge in [-0.1, -0.05) is 0 Å². The fourth-order valence-corrected chi connectivity index (χ4v) is 2.34. The molecular weight excluding hydrogens is 263 g/mol. The van der Waals surface area contributed by atoms with Crippen LogP contribution in [-0.4, -0.2) is 31.2 Å². The molecule has 6 heteroatoms. The van der Waals surface area contributed by atoms with E-state index in [0.717, 1.165) is 6.07 Å². The summed E-state index contributed by atoms with van der Waals surface area (Å²) < 4.78 is 13.3. The van der Waals surface area contributed by atoms with E-state index >= 15 is 0 Å². The lowest BCUT2D eigenvalue weighted by Gasteiger charge is -2.18. The summed E-state index contributed by atoms with van der Waals surface area (Å²) in [6.07, 6.45) is 0.707.